The van der Waals surface area contributed by atoms with Crippen LogP contribution < -0.4 is 5.32 Å². The second-order valence-corrected chi connectivity index (χ2v) is 4.43. The highest BCUT2D eigenvalue weighted by molar-refractivity contribution is 5.82. The van der Waals surface area contributed by atoms with Gasteiger partial charge in [0.05, 0.1) is 0 Å². The minimum absolute atomic E-state index is 0.291. The number of carbonyl (C=O) groups excluding carboxylic acids is 1. The highest BCUT2D eigenvalue weighted by Crippen LogP contribution is 2.26. The molecular weight excluding hydrogens is 208 g/mol. The van der Waals surface area contributed by atoms with Crippen molar-refractivity contribution in [1.82, 2.24) is 10.2 Å². The maximum atomic E-state index is 11.6. The van der Waals surface area contributed by atoms with Gasteiger partial charge in [-0.15, -0.1) is 0 Å². The number of carboxylic acids is 1. The summed E-state index contributed by atoms with van der Waals surface area (Å²) in [5.41, 5.74) is 0. The molecule has 0 aromatic carbocycles. The van der Waals surface area contributed by atoms with Crippen LogP contribution in [-0.2, 0) is 4.79 Å². The number of nitrogens with zero attached hydrogens (tertiary/aromatic N) is 1. The van der Waals surface area contributed by atoms with Crippen molar-refractivity contribution in [2.45, 2.75) is 38.6 Å². The lowest BCUT2D eigenvalue weighted by Gasteiger charge is -2.30. The van der Waals surface area contributed by atoms with Crippen molar-refractivity contribution in [1.29, 1.82) is 0 Å². The number of carboxylic acid groups (broad SMARTS) is 1. The second-order valence-electron chi connectivity index (χ2n) is 4.43. The molecule has 0 spiro atoms. The number of hydrogen-bond acceptors (Lipinski definition) is 2. The predicted octanol–water partition coefficient (Wildman–Crippen LogP) is 1.29. The third kappa shape index (κ3) is 3.40. The SMILES string of the molecule is CC[C@H](NC(=O)N(C)CC1CCC1)C(=O)O. The minimum Gasteiger partial charge on any atom is -0.480 e. The van der Waals surface area contributed by atoms with Gasteiger partial charge in [0, 0.05) is 13.6 Å². The van der Waals surface area contributed by atoms with E-state index in [-0.39, 0.29) is 6.03 Å². The average molecular weight is 228 g/mol. The minimum atomic E-state index is -0.979. The van der Waals surface area contributed by atoms with Crippen LogP contribution in [0.3, 0.4) is 0 Å². The monoisotopic (exact) mass is 228 g/mol. The highest BCUT2D eigenvalue weighted by Gasteiger charge is 2.24. The van der Waals surface area contributed by atoms with E-state index in [4.69, 9.17) is 5.11 Å². The molecule has 2 N–H and O–H groups in total. The van der Waals surface area contributed by atoms with Gasteiger partial charge in [-0.25, -0.2) is 9.59 Å². The molecule has 0 aliphatic heterocycles. The van der Waals surface area contributed by atoms with Crippen LogP contribution in [0.4, 0.5) is 4.79 Å². The summed E-state index contributed by atoms with van der Waals surface area (Å²) in [6.07, 6.45) is 3.99. The molecule has 16 heavy (non-hydrogen) atoms. The summed E-state index contributed by atoms with van der Waals surface area (Å²) in [7, 11) is 1.71. The molecule has 0 bridgehead atoms. The molecule has 0 aromatic rings. The summed E-state index contributed by atoms with van der Waals surface area (Å²) in [6.45, 7) is 2.47. The normalized spacial score (nSPS) is 17.4. The summed E-state index contributed by atoms with van der Waals surface area (Å²) >= 11 is 0. The van der Waals surface area contributed by atoms with E-state index < -0.39 is 12.0 Å². The standard InChI is InChI=1S/C11H20N2O3/c1-3-9(10(14)15)12-11(16)13(2)7-8-5-4-6-8/h8-9H,3-7H2,1-2H3,(H,12,16)(H,14,15)/t9-/m0/s1. The number of aliphatic carboxylic acids is 1. The average Bonchev–Trinajstić information content (AvgIpc) is 2.18. The van der Waals surface area contributed by atoms with Crippen molar-refractivity contribution < 1.29 is 14.7 Å². The van der Waals surface area contributed by atoms with Gasteiger partial charge in [0.1, 0.15) is 6.04 Å². The van der Waals surface area contributed by atoms with E-state index in [9.17, 15) is 9.59 Å². The van der Waals surface area contributed by atoms with Crippen molar-refractivity contribution in [3.63, 3.8) is 0 Å². The molecule has 1 aliphatic carbocycles. The third-order valence-electron chi connectivity index (χ3n) is 3.11. The van der Waals surface area contributed by atoms with Gasteiger partial charge in [-0.2, -0.15) is 0 Å². The number of rotatable bonds is 5. The van der Waals surface area contributed by atoms with Gasteiger partial charge >= 0.3 is 12.0 Å². The molecule has 1 saturated carbocycles. The van der Waals surface area contributed by atoms with Crippen LogP contribution >= 0.6 is 0 Å². The Morgan fingerprint density at radius 2 is 2.12 bits per heavy atom. The molecule has 5 heteroatoms. The van der Waals surface area contributed by atoms with Crippen LogP contribution in [-0.4, -0.2) is 41.6 Å². The van der Waals surface area contributed by atoms with E-state index in [2.05, 4.69) is 5.32 Å². The van der Waals surface area contributed by atoms with Crippen molar-refractivity contribution >= 4 is 12.0 Å². The molecule has 92 valence electrons. The maximum absolute atomic E-state index is 11.6. The van der Waals surface area contributed by atoms with Crippen molar-refractivity contribution in [2.24, 2.45) is 5.92 Å². The van der Waals surface area contributed by atoms with E-state index in [1.807, 2.05) is 0 Å². The molecule has 5 nitrogen and oxygen atoms in total. The van der Waals surface area contributed by atoms with E-state index in [1.165, 1.54) is 19.3 Å². The molecule has 0 heterocycles. The Morgan fingerprint density at radius 3 is 2.50 bits per heavy atom. The highest BCUT2D eigenvalue weighted by atomic mass is 16.4. The zero-order valence-electron chi connectivity index (χ0n) is 9.90. The zero-order valence-corrected chi connectivity index (χ0v) is 9.90. The molecule has 1 rings (SSSR count). The van der Waals surface area contributed by atoms with Crippen LogP contribution in [0.5, 0.6) is 0 Å². The summed E-state index contributed by atoms with van der Waals surface area (Å²) < 4.78 is 0. The van der Waals surface area contributed by atoms with E-state index in [1.54, 1.807) is 18.9 Å². The Balaban J connectivity index is 2.34. The molecule has 1 aliphatic rings. The molecule has 1 fully saturated rings. The summed E-state index contributed by atoms with van der Waals surface area (Å²) in [5, 5.41) is 11.3. The number of carbonyl (C=O) groups is 2. The topological polar surface area (TPSA) is 69.6 Å². The summed E-state index contributed by atoms with van der Waals surface area (Å²) in [4.78, 5) is 24.0. The number of urea groups is 1. The van der Waals surface area contributed by atoms with Crippen LogP contribution in [0.25, 0.3) is 0 Å². The van der Waals surface area contributed by atoms with E-state index in [0.29, 0.717) is 12.3 Å². The quantitative estimate of drug-likeness (QED) is 0.745. The van der Waals surface area contributed by atoms with Gasteiger partial charge in [-0.05, 0) is 25.2 Å². The third-order valence-corrected chi connectivity index (χ3v) is 3.11. The summed E-state index contributed by atoms with van der Waals surface area (Å²) in [5.74, 6) is -0.381. The Kier molecular flexibility index (Phi) is 4.58. The van der Waals surface area contributed by atoms with Gasteiger partial charge in [-0.3, -0.25) is 0 Å². The van der Waals surface area contributed by atoms with Gasteiger partial charge < -0.3 is 15.3 Å². The first-order chi connectivity index (χ1) is 7.54. The Bertz CT molecular complexity index is 264. The van der Waals surface area contributed by atoms with E-state index in [0.717, 1.165) is 6.54 Å². The smallest absolute Gasteiger partial charge is 0.326 e. The van der Waals surface area contributed by atoms with Gasteiger partial charge in [0.2, 0.25) is 0 Å². The van der Waals surface area contributed by atoms with Crippen LogP contribution in [0.2, 0.25) is 0 Å². The van der Waals surface area contributed by atoms with Gasteiger partial charge in [0.15, 0.2) is 0 Å². The molecule has 0 radical (unpaired) electrons. The van der Waals surface area contributed by atoms with Crippen LogP contribution in [0.15, 0.2) is 0 Å². The molecule has 1 atom stereocenters. The number of hydrogen-bond donors (Lipinski definition) is 2. The van der Waals surface area contributed by atoms with Crippen LogP contribution in [0.1, 0.15) is 32.6 Å². The first-order valence-corrected chi connectivity index (χ1v) is 5.79. The van der Waals surface area contributed by atoms with Crippen molar-refractivity contribution in [3.05, 3.63) is 0 Å². The predicted molar refractivity (Wildman–Crippen MR) is 60.2 cm³/mol. The molecule has 0 saturated heterocycles. The van der Waals surface area contributed by atoms with Crippen LogP contribution in [0, 0.1) is 5.92 Å². The van der Waals surface area contributed by atoms with Crippen molar-refractivity contribution in [2.75, 3.05) is 13.6 Å². The fraction of sp³-hybridized carbons (Fsp3) is 0.818. The second kappa shape index (κ2) is 5.72. The van der Waals surface area contributed by atoms with Gasteiger partial charge in [-0.1, -0.05) is 13.3 Å². The first-order valence-electron chi connectivity index (χ1n) is 5.79. The lowest BCUT2D eigenvalue weighted by atomic mass is 9.85. The lowest BCUT2D eigenvalue weighted by Crippen LogP contribution is -2.47. The Labute approximate surface area is 95.8 Å². The molecule has 0 unspecified atom stereocenters. The van der Waals surface area contributed by atoms with E-state index >= 15 is 0 Å². The fourth-order valence-corrected chi connectivity index (χ4v) is 1.74. The first kappa shape index (κ1) is 12.8. The molecule has 0 aromatic heterocycles. The maximum Gasteiger partial charge on any atom is 0.326 e. The largest absolute Gasteiger partial charge is 0.480 e. The lowest BCUT2D eigenvalue weighted by molar-refractivity contribution is -0.139. The van der Waals surface area contributed by atoms with Crippen molar-refractivity contribution in [3.8, 4) is 0 Å². The summed E-state index contributed by atoms with van der Waals surface area (Å²) in [6, 6.07) is -1.07. The molecule has 2 amide bonds. The molecular formula is C11H20N2O3. The Morgan fingerprint density at radius 1 is 1.50 bits per heavy atom. The zero-order chi connectivity index (χ0) is 12.1. The van der Waals surface area contributed by atoms with Gasteiger partial charge in [0.25, 0.3) is 0 Å². The number of amides is 2. The Hall–Kier alpha value is -1.26. The fourth-order valence-electron chi connectivity index (χ4n) is 1.74. The number of nitrogens with one attached hydrogen (secondary N) is 1.